The van der Waals surface area contributed by atoms with Gasteiger partial charge in [0.15, 0.2) is 22.4 Å². The first-order valence-corrected chi connectivity index (χ1v) is 8.93. The molecule has 0 atom stereocenters. The zero-order valence-corrected chi connectivity index (χ0v) is 14.9. The molecular formula is C18H17FN4O2S. The van der Waals surface area contributed by atoms with Crippen LogP contribution < -0.4 is 10.1 Å². The van der Waals surface area contributed by atoms with Crippen LogP contribution in [0, 0.1) is 5.82 Å². The molecule has 2 heterocycles. The number of rotatable bonds is 7. The Morgan fingerprint density at radius 1 is 1.23 bits per heavy atom. The highest BCUT2D eigenvalue weighted by atomic mass is 32.1. The molecule has 0 radical (unpaired) electrons. The third-order valence-corrected chi connectivity index (χ3v) is 4.57. The Morgan fingerprint density at radius 3 is 2.73 bits per heavy atom. The van der Waals surface area contributed by atoms with Crippen LogP contribution in [0.25, 0.3) is 10.8 Å². The summed E-state index contributed by atoms with van der Waals surface area (Å²) >= 11 is 1.25. The lowest BCUT2D eigenvalue weighted by Crippen LogP contribution is -2.28. The predicted octanol–water partition coefficient (Wildman–Crippen LogP) is 3.11. The molecule has 1 N–H and O–H groups in total. The first-order chi connectivity index (χ1) is 12.7. The van der Waals surface area contributed by atoms with Crippen molar-refractivity contribution in [2.24, 2.45) is 0 Å². The molecule has 134 valence electrons. The zero-order chi connectivity index (χ0) is 18.4. The van der Waals surface area contributed by atoms with Crippen molar-refractivity contribution < 1.29 is 13.9 Å². The number of hydrogen-bond acceptors (Lipinski definition) is 6. The number of aromatic nitrogens is 3. The SMILES string of the molecule is CCc1nc(-c2ncccn2)sc1C(=O)NCCOc1ccccc1F. The lowest BCUT2D eigenvalue weighted by atomic mass is 10.3. The summed E-state index contributed by atoms with van der Waals surface area (Å²) in [6, 6.07) is 7.87. The third-order valence-electron chi connectivity index (χ3n) is 3.48. The number of amides is 1. The summed E-state index contributed by atoms with van der Waals surface area (Å²) < 4.78 is 18.8. The van der Waals surface area contributed by atoms with E-state index < -0.39 is 5.82 Å². The molecule has 0 aliphatic carbocycles. The van der Waals surface area contributed by atoms with Gasteiger partial charge < -0.3 is 10.1 Å². The van der Waals surface area contributed by atoms with E-state index in [4.69, 9.17) is 4.74 Å². The highest BCUT2D eigenvalue weighted by Crippen LogP contribution is 2.25. The fourth-order valence-electron chi connectivity index (χ4n) is 2.24. The third kappa shape index (κ3) is 4.20. The van der Waals surface area contributed by atoms with Gasteiger partial charge in [-0.1, -0.05) is 19.1 Å². The van der Waals surface area contributed by atoms with Crippen molar-refractivity contribution in [3.05, 3.63) is 59.1 Å². The number of thiazole rings is 1. The monoisotopic (exact) mass is 372 g/mol. The van der Waals surface area contributed by atoms with E-state index in [-0.39, 0.29) is 24.8 Å². The van der Waals surface area contributed by atoms with Crippen LogP contribution in [-0.4, -0.2) is 34.0 Å². The molecule has 0 spiro atoms. The number of benzene rings is 1. The minimum Gasteiger partial charge on any atom is -0.489 e. The number of nitrogens with zero attached hydrogens (tertiary/aromatic N) is 3. The van der Waals surface area contributed by atoms with Gasteiger partial charge in [-0.15, -0.1) is 11.3 Å². The molecule has 26 heavy (non-hydrogen) atoms. The summed E-state index contributed by atoms with van der Waals surface area (Å²) in [5.41, 5.74) is 0.699. The maximum atomic E-state index is 13.5. The van der Waals surface area contributed by atoms with Gasteiger partial charge in [-0.05, 0) is 24.6 Å². The predicted molar refractivity (Wildman–Crippen MR) is 96.7 cm³/mol. The van der Waals surface area contributed by atoms with Crippen LogP contribution in [0.15, 0.2) is 42.7 Å². The fraction of sp³-hybridized carbons (Fsp3) is 0.222. The molecule has 3 rings (SSSR count). The summed E-state index contributed by atoms with van der Waals surface area (Å²) in [5.74, 6) is -0.00726. The number of para-hydroxylation sites is 1. The van der Waals surface area contributed by atoms with Crippen LogP contribution >= 0.6 is 11.3 Å². The molecule has 6 nitrogen and oxygen atoms in total. The average Bonchev–Trinajstić information content (AvgIpc) is 3.12. The molecule has 1 amide bonds. The van der Waals surface area contributed by atoms with E-state index in [1.165, 1.54) is 17.4 Å². The number of halogens is 1. The van der Waals surface area contributed by atoms with Gasteiger partial charge in [-0.3, -0.25) is 4.79 Å². The summed E-state index contributed by atoms with van der Waals surface area (Å²) in [7, 11) is 0. The van der Waals surface area contributed by atoms with E-state index in [0.717, 1.165) is 0 Å². The molecule has 1 aromatic carbocycles. The van der Waals surface area contributed by atoms with Crippen LogP contribution in [0.1, 0.15) is 22.3 Å². The summed E-state index contributed by atoms with van der Waals surface area (Å²) in [5, 5.41) is 3.38. The molecule has 3 aromatic rings. The molecule has 0 bridgehead atoms. The van der Waals surface area contributed by atoms with Crippen LogP contribution in [-0.2, 0) is 6.42 Å². The normalized spacial score (nSPS) is 10.5. The van der Waals surface area contributed by atoms with E-state index in [2.05, 4.69) is 20.3 Å². The second-order valence-electron chi connectivity index (χ2n) is 5.26. The number of hydrogen-bond donors (Lipinski definition) is 1. The molecule has 0 saturated carbocycles. The fourth-order valence-corrected chi connectivity index (χ4v) is 3.26. The highest BCUT2D eigenvalue weighted by molar-refractivity contribution is 7.17. The summed E-state index contributed by atoms with van der Waals surface area (Å²) in [6.45, 7) is 2.36. The Balaban J connectivity index is 1.61. The Kier molecular flexibility index (Phi) is 5.85. The number of aryl methyl sites for hydroxylation is 1. The topological polar surface area (TPSA) is 77.0 Å². The average molecular weight is 372 g/mol. The van der Waals surface area contributed by atoms with Crippen molar-refractivity contribution in [2.45, 2.75) is 13.3 Å². The van der Waals surface area contributed by atoms with E-state index in [0.29, 0.717) is 27.8 Å². The lowest BCUT2D eigenvalue weighted by Gasteiger charge is -2.08. The Bertz CT molecular complexity index is 886. The number of nitrogens with one attached hydrogen (secondary N) is 1. The Labute approximate surface area is 154 Å². The minimum absolute atomic E-state index is 0.164. The van der Waals surface area contributed by atoms with Crippen LogP contribution in [0.3, 0.4) is 0 Å². The van der Waals surface area contributed by atoms with Crippen LogP contribution in [0.5, 0.6) is 5.75 Å². The van der Waals surface area contributed by atoms with Gasteiger partial charge in [-0.2, -0.15) is 0 Å². The smallest absolute Gasteiger partial charge is 0.263 e. The largest absolute Gasteiger partial charge is 0.489 e. The van der Waals surface area contributed by atoms with Gasteiger partial charge in [0, 0.05) is 12.4 Å². The van der Waals surface area contributed by atoms with Crippen LogP contribution in [0.2, 0.25) is 0 Å². The Morgan fingerprint density at radius 2 is 2.00 bits per heavy atom. The molecule has 0 fully saturated rings. The molecule has 0 aliphatic heterocycles. The van der Waals surface area contributed by atoms with Crippen molar-refractivity contribution in [1.82, 2.24) is 20.3 Å². The van der Waals surface area contributed by atoms with Crippen molar-refractivity contribution in [1.29, 1.82) is 0 Å². The molecular weight excluding hydrogens is 355 g/mol. The maximum absolute atomic E-state index is 13.5. The van der Waals surface area contributed by atoms with Gasteiger partial charge in [0.1, 0.15) is 11.5 Å². The zero-order valence-electron chi connectivity index (χ0n) is 14.1. The van der Waals surface area contributed by atoms with Gasteiger partial charge in [0.2, 0.25) is 0 Å². The standard InChI is InChI=1S/C18H17FN4O2S/c1-2-13-15(26-18(23-13)16-20-8-5-9-21-16)17(24)22-10-11-25-14-7-4-3-6-12(14)19/h3-9H,2,10-11H2,1H3,(H,22,24). The first kappa shape index (κ1) is 17.9. The minimum atomic E-state index is -0.429. The maximum Gasteiger partial charge on any atom is 0.263 e. The van der Waals surface area contributed by atoms with Crippen molar-refractivity contribution in [3.8, 4) is 16.6 Å². The number of ether oxygens (including phenoxy) is 1. The van der Waals surface area contributed by atoms with Gasteiger partial charge >= 0.3 is 0 Å². The second-order valence-corrected chi connectivity index (χ2v) is 6.25. The number of carbonyl (C=O) groups is 1. The molecule has 2 aromatic heterocycles. The second kappa shape index (κ2) is 8.48. The van der Waals surface area contributed by atoms with Crippen LogP contribution in [0.4, 0.5) is 4.39 Å². The molecule has 0 saturated heterocycles. The van der Waals surface area contributed by atoms with Crippen molar-refractivity contribution in [2.75, 3.05) is 13.2 Å². The lowest BCUT2D eigenvalue weighted by molar-refractivity contribution is 0.0949. The summed E-state index contributed by atoms with van der Waals surface area (Å²) in [6.07, 6.45) is 3.89. The van der Waals surface area contributed by atoms with Gasteiger partial charge in [0.25, 0.3) is 5.91 Å². The number of carbonyl (C=O) groups excluding carboxylic acids is 1. The summed E-state index contributed by atoms with van der Waals surface area (Å²) in [4.78, 5) is 25.8. The Hall–Kier alpha value is -2.87. The van der Waals surface area contributed by atoms with Gasteiger partial charge in [-0.25, -0.2) is 19.3 Å². The quantitative estimate of drug-likeness (QED) is 0.645. The van der Waals surface area contributed by atoms with Gasteiger partial charge in [0.05, 0.1) is 12.2 Å². The molecule has 0 unspecified atom stereocenters. The van der Waals surface area contributed by atoms with E-state index in [1.54, 1.807) is 36.7 Å². The molecule has 8 heteroatoms. The van der Waals surface area contributed by atoms with Crippen molar-refractivity contribution >= 4 is 17.2 Å². The first-order valence-electron chi connectivity index (χ1n) is 8.11. The highest BCUT2D eigenvalue weighted by Gasteiger charge is 2.18. The van der Waals surface area contributed by atoms with E-state index in [9.17, 15) is 9.18 Å². The van der Waals surface area contributed by atoms with E-state index >= 15 is 0 Å². The molecule has 0 aliphatic rings. The van der Waals surface area contributed by atoms with E-state index in [1.807, 2.05) is 6.92 Å². The van der Waals surface area contributed by atoms with Crippen molar-refractivity contribution in [3.63, 3.8) is 0 Å².